The van der Waals surface area contributed by atoms with Crippen molar-refractivity contribution in [2.24, 2.45) is 0 Å². The minimum Gasteiger partial charge on any atom is -0.457 e. The van der Waals surface area contributed by atoms with Crippen molar-refractivity contribution in [1.29, 1.82) is 5.26 Å². The predicted octanol–water partition coefficient (Wildman–Crippen LogP) is 4.75. The Morgan fingerprint density at radius 2 is 1.62 bits per heavy atom. The summed E-state index contributed by atoms with van der Waals surface area (Å²) in [6.07, 6.45) is 1.27. The molecule has 0 aromatic heterocycles. The first-order valence-electron chi connectivity index (χ1n) is 8.87. The van der Waals surface area contributed by atoms with Crippen LogP contribution in [0.2, 0.25) is 0 Å². The van der Waals surface area contributed by atoms with Gasteiger partial charge in [-0.15, -0.1) is 0 Å². The Hall–Kier alpha value is -4.11. The number of anilines is 1. The van der Waals surface area contributed by atoms with E-state index >= 15 is 0 Å². The van der Waals surface area contributed by atoms with E-state index in [9.17, 15) is 14.4 Å². The van der Waals surface area contributed by atoms with Gasteiger partial charge >= 0.3 is 0 Å². The van der Waals surface area contributed by atoms with E-state index in [0.29, 0.717) is 22.7 Å². The predicted molar refractivity (Wildman–Crippen MR) is 109 cm³/mol. The van der Waals surface area contributed by atoms with Gasteiger partial charge in [-0.3, -0.25) is 4.79 Å². The minimum atomic E-state index is -0.565. The monoisotopic (exact) mass is 387 g/mol. The first-order valence-corrected chi connectivity index (χ1v) is 8.87. The quantitative estimate of drug-likeness (QED) is 0.453. The summed E-state index contributed by atoms with van der Waals surface area (Å²) < 4.78 is 19.3. The van der Waals surface area contributed by atoms with Crippen LogP contribution in [0.3, 0.4) is 0 Å². The molecule has 0 radical (unpaired) electrons. The van der Waals surface area contributed by atoms with E-state index in [-0.39, 0.29) is 17.9 Å². The van der Waals surface area contributed by atoms with Crippen molar-refractivity contribution >= 4 is 11.6 Å². The van der Waals surface area contributed by atoms with Gasteiger partial charge in [0.05, 0.1) is 0 Å². The molecule has 0 aliphatic carbocycles. The molecule has 0 heterocycles. The number of halogens is 1. The molecule has 1 amide bonds. The number of hydrogen-bond acceptors (Lipinski definition) is 4. The lowest BCUT2D eigenvalue weighted by molar-refractivity contribution is -0.112. The van der Waals surface area contributed by atoms with Crippen molar-refractivity contribution in [3.63, 3.8) is 0 Å². The van der Waals surface area contributed by atoms with Gasteiger partial charge in [0.25, 0.3) is 5.91 Å². The van der Waals surface area contributed by atoms with Crippen molar-refractivity contribution < 1.29 is 13.9 Å². The molecule has 0 atom stereocenters. The van der Waals surface area contributed by atoms with Crippen molar-refractivity contribution in [1.82, 2.24) is 5.32 Å². The zero-order valence-electron chi connectivity index (χ0n) is 15.4. The van der Waals surface area contributed by atoms with Crippen LogP contribution >= 0.6 is 0 Å². The van der Waals surface area contributed by atoms with E-state index in [4.69, 9.17) is 4.74 Å². The number of benzene rings is 3. The average Bonchev–Trinajstić information content (AvgIpc) is 2.74. The van der Waals surface area contributed by atoms with E-state index in [1.54, 1.807) is 42.5 Å². The van der Waals surface area contributed by atoms with Gasteiger partial charge in [-0.1, -0.05) is 36.4 Å². The lowest BCUT2D eigenvalue weighted by Crippen LogP contribution is -2.16. The fourth-order valence-electron chi connectivity index (χ4n) is 2.48. The molecular weight excluding hydrogens is 369 g/mol. The Morgan fingerprint density at radius 3 is 2.31 bits per heavy atom. The number of ether oxygens (including phenoxy) is 1. The highest BCUT2D eigenvalue weighted by atomic mass is 19.1. The molecule has 3 aromatic carbocycles. The highest BCUT2D eigenvalue weighted by molar-refractivity contribution is 6.06. The summed E-state index contributed by atoms with van der Waals surface area (Å²) >= 11 is 0. The van der Waals surface area contributed by atoms with Gasteiger partial charge < -0.3 is 15.4 Å². The molecular formula is C23H18FN3O2. The molecule has 2 N–H and O–H groups in total. The van der Waals surface area contributed by atoms with Crippen LogP contribution in [-0.4, -0.2) is 5.91 Å². The molecule has 0 unspecified atom stereocenters. The van der Waals surface area contributed by atoms with Crippen LogP contribution < -0.4 is 15.4 Å². The van der Waals surface area contributed by atoms with Crippen LogP contribution in [0.15, 0.2) is 90.6 Å². The number of rotatable bonds is 7. The maximum absolute atomic E-state index is 13.6. The van der Waals surface area contributed by atoms with E-state index in [1.807, 2.05) is 36.4 Å². The first-order chi connectivity index (χ1) is 14.2. The van der Waals surface area contributed by atoms with Gasteiger partial charge in [0.1, 0.15) is 29.0 Å². The molecule has 6 heteroatoms. The number of nitrogens with zero attached hydrogens (tertiary/aromatic N) is 1. The summed E-state index contributed by atoms with van der Waals surface area (Å²) in [6.45, 7) is 0.163. The fourth-order valence-corrected chi connectivity index (χ4v) is 2.48. The molecule has 0 aliphatic heterocycles. The number of amides is 1. The van der Waals surface area contributed by atoms with E-state index in [1.165, 1.54) is 12.3 Å². The Balaban J connectivity index is 1.57. The standard InChI is InChI=1S/C23H18FN3O2/c24-22-9-5-4-6-17(22)15-26-16-18(14-25)23(28)27-19-10-12-21(13-11-19)29-20-7-2-1-3-8-20/h1-13,16,26H,15H2,(H,27,28)/b18-16-. The zero-order chi connectivity index (χ0) is 20.5. The van der Waals surface area contributed by atoms with Crippen LogP contribution in [-0.2, 0) is 11.3 Å². The second-order valence-electron chi connectivity index (χ2n) is 6.04. The fraction of sp³-hybridized carbons (Fsp3) is 0.0435. The van der Waals surface area contributed by atoms with Gasteiger partial charge in [0.2, 0.25) is 0 Å². The first kappa shape index (κ1) is 19.6. The van der Waals surface area contributed by atoms with Crippen LogP contribution in [0.4, 0.5) is 10.1 Å². The molecule has 0 bridgehead atoms. The zero-order valence-corrected chi connectivity index (χ0v) is 15.4. The largest absolute Gasteiger partial charge is 0.457 e. The number of carbonyl (C=O) groups excluding carboxylic acids is 1. The van der Waals surface area contributed by atoms with E-state index in [0.717, 1.165) is 0 Å². The number of carbonyl (C=O) groups is 1. The summed E-state index contributed by atoms with van der Waals surface area (Å²) in [5, 5.41) is 14.7. The van der Waals surface area contributed by atoms with E-state index in [2.05, 4.69) is 10.6 Å². The highest BCUT2D eigenvalue weighted by Crippen LogP contribution is 2.22. The SMILES string of the molecule is N#C/C(=C/NCc1ccccc1F)C(=O)Nc1ccc(Oc2ccccc2)cc1. The molecule has 3 rings (SSSR count). The van der Waals surface area contributed by atoms with Crippen molar-refractivity contribution in [3.8, 4) is 17.6 Å². The highest BCUT2D eigenvalue weighted by Gasteiger charge is 2.09. The molecule has 0 aliphatic rings. The Morgan fingerprint density at radius 1 is 0.966 bits per heavy atom. The summed E-state index contributed by atoms with van der Waals surface area (Å²) in [7, 11) is 0. The van der Waals surface area contributed by atoms with Gasteiger partial charge in [-0.2, -0.15) is 5.26 Å². The summed E-state index contributed by atoms with van der Waals surface area (Å²) in [6, 6.07) is 24.2. The maximum atomic E-state index is 13.6. The molecule has 0 saturated heterocycles. The minimum absolute atomic E-state index is 0.119. The molecule has 29 heavy (non-hydrogen) atoms. The van der Waals surface area contributed by atoms with Crippen LogP contribution in [0.25, 0.3) is 0 Å². The van der Waals surface area contributed by atoms with Crippen molar-refractivity contribution in [2.45, 2.75) is 6.54 Å². The normalized spacial score (nSPS) is 10.7. The summed E-state index contributed by atoms with van der Waals surface area (Å²) in [4.78, 5) is 12.3. The van der Waals surface area contributed by atoms with E-state index < -0.39 is 5.91 Å². The van der Waals surface area contributed by atoms with Gasteiger partial charge in [-0.05, 0) is 42.5 Å². The van der Waals surface area contributed by atoms with Gasteiger partial charge in [-0.25, -0.2) is 4.39 Å². The molecule has 5 nitrogen and oxygen atoms in total. The van der Waals surface area contributed by atoms with Crippen molar-refractivity contribution in [2.75, 3.05) is 5.32 Å². The third-order valence-electron chi connectivity index (χ3n) is 3.95. The lowest BCUT2D eigenvalue weighted by Gasteiger charge is -2.08. The Kier molecular flexibility index (Phi) is 6.58. The number of nitriles is 1. The Labute approximate surface area is 168 Å². The number of para-hydroxylation sites is 1. The smallest absolute Gasteiger partial charge is 0.267 e. The van der Waals surface area contributed by atoms with Gasteiger partial charge in [0, 0.05) is 24.0 Å². The summed E-state index contributed by atoms with van der Waals surface area (Å²) in [5.41, 5.74) is 0.840. The van der Waals surface area contributed by atoms with Gasteiger partial charge in [0.15, 0.2) is 0 Å². The second kappa shape index (κ2) is 9.72. The maximum Gasteiger partial charge on any atom is 0.267 e. The van der Waals surface area contributed by atoms with Crippen LogP contribution in [0.5, 0.6) is 11.5 Å². The Bertz CT molecular complexity index is 1040. The van der Waals surface area contributed by atoms with Crippen LogP contribution in [0, 0.1) is 17.1 Å². The second-order valence-corrected chi connectivity index (χ2v) is 6.04. The number of hydrogen-bond donors (Lipinski definition) is 2. The number of nitrogens with one attached hydrogen (secondary N) is 2. The van der Waals surface area contributed by atoms with Crippen LogP contribution in [0.1, 0.15) is 5.56 Å². The third-order valence-corrected chi connectivity index (χ3v) is 3.95. The molecule has 144 valence electrons. The molecule has 0 fully saturated rings. The topological polar surface area (TPSA) is 74.2 Å². The van der Waals surface area contributed by atoms with Crippen molar-refractivity contribution in [3.05, 3.63) is 102 Å². The summed E-state index contributed by atoms with van der Waals surface area (Å²) in [5.74, 6) is 0.413. The lowest BCUT2D eigenvalue weighted by atomic mass is 10.2. The molecule has 0 spiro atoms. The molecule has 3 aromatic rings. The third kappa shape index (κ3) is 5.68. The molecule has 0 saturated carbocycles. The average molecular weight is 387 g/mol.